The summed E-state index contributed by atoms with van der Waals surface area (Å²) in [5, 5.41) is 0. The molecular formula is C24H21N3O3. The number of barbiturate groups is 1. The van der Waals surface area contributed by atoms with Crippen LogP contribution in [0.25, 0.3) is 6.08 Å². The first-order valence-electron chi connectivity index (χ1n) is 9.57. The van der Waals surface area contributed by atoms with Crippen LogP contribution in [0.1, 0.15) is 17.0 Å². The van der Waals surface area contributed by atoms with Gasteiger partial charge in [-0.2, -0.15) is 0 Å². The highest BCUT2D eigenvalue weighted by atomic mass is 16.2. The third-order valence-electron chi connectivity index (χ3n) is 5.39. The van der Waals surface area contributed by atoms with E-state index >= 15 is 0 Å². The van der Waals surface area contributed by atoms with Gasteiger partial charge >= 0.3 is 6.03 Å². The molecule has 0 unspecified atom stereocenters. The van der Waals surface area contributed by atoms with Gasteiger partial charge in [0.1, 0.15) is 5.57 Å². The van der Waals surface area contributed by atoms with Crippen LogP contribution in [0, 0.1) is 13.8 Å². The molecule has 0 aliphatic carbocycles. The molecule has 2 aromatic carbocycles. The number of para-hydroxylation sites is 2. The zero-order valence-electron chi connectivity index (χ0n) is 17.0. The molecule has 6 nitrogen and oxygen atoms in total. The first kappa shape index (κ1) is 19.4. The van der Waals surface area contributed by atoms with Gasteiger partial charge in [0, 0.05) is 18.4 Å². The number of carbonyl (C=O) groups is 3. The predicted molar refractivity (Wildman–Crippen MR) is 116 cm³/mol. The summed E-state index contributed by atoms with van der Waals surface area (Å²) < 4.78 is 1.99. The average molecular weight is 399 g/mol. The molecule has 1 aliphatic heterocycles. The Balaban J connectivity index is 1.89. The van der Waals surface area contributed by atoms with Gasteiger partial charge in [-0.05, 0) is 55.8 Å². The fourth-order valence-electron chi connectivity index (χ4n) is 3.53. The molecule has 1 aliphatic rings. The van der Waals surface area contributed by atoms with Crippen molar-refractivity contribution in [2.75, 3.05) is 9.80 Å². The SMILES string of the molecule is Cc1cc(C=C2C(=O)N(c3ccccc3)C(=O)N(c3ccccc3)C2=O)c(C)n1C. The lowest BCUT2D eigenvalue weighted by atomic mass is 10.0. The van der Waals surface area contributed by atoms with E-state index in [2.05, 4.69) is 0 Å². The van der Waals surface area contributed by atoms with Crippen molar-refractivity contribution in [3.8, 4) is 0 Å². The molecule has 3 aromatic rings. The fraction of sp³-hybridized carbons (Fsp3) is 0.125. The number of hydrogen-bond acceptors (Lipinski definition) is 3. The number of urea groups is 1. The summed E-state index contributed by atoms with van der Waals surface area (Å²) >= 11 is 0. The highest BCUT2D eigenvalue weighted by Gasteiger charge is 2.43. The van der Waals surface area contributed by atoms with E-state index in [9.17, 15) is 14.4 Å². The first-order valence-corrected chi connectivity index (χ1v) is 9.57. The van der Waals surface area contributed by atoms with Gasteiger partial charge in [-0.1, -0.05) is 36.4 Å². The van der Waals surface area contributed by atoms with Crippen LogP contribution in [0.15, 0.2) is 72.3 Å². The minimum atomic E-state index is -0.694. The summed E-state index contributed by atoms with van der Waals surface area (Å²) in [6.45, 7) is 3.88. The molecule has 6 heteroatoms. The van der Waals surface area contributed by atoms with E-state index in [1.165, 1.54) is 0 Å². The lowest BCUT2D eigenvalue weighted by molar-refractivity contribution is -0.121. The van der Waals surface area contributed by atoms with Gasteiger partial charge in [0.2, 0.25) is 0 Å². The maximum Gasteiger partial charge on any atom is 0.343 e. The maximum atomic E-state index is 13.3. The molecule has 2 heterocycles. The van der Waals surface area contributed by atoms with Crippen molar-refractivity contribution >= 4 is 35.3 Å². The Morgan fingerprint density at radius 3 is 1.60 bits per heavy atom. The van der Waals surface area contributed by atoms with E-state index < -0.39 is 17.8 Å². The van der Waals surface area contributed by atoms with E-state index in [1.54, 1.807) is 66.7 Å². The number of carbonyl (C=O) groups excluding carboxylic acids is 3. The van der Waals surface area contributed by atoms with Crippen LogP contribution in [0.4, 0.5) is 16.2 Å². The second kappa shape index (κ2) is 7.48. The van der Waals surface area contributed by atoms with Crippen LogP contribution in [0.2, 0.25) is 0 Å². The van der Waals surface area contributed by atoms with E-state index in [4.69, 9.17) is 0 Å². The van der Waals surface area contributed by atoms with Gasteiger partial charge in [0.05, 0.1) is 11.4 Å². The van der Waals surface area contributed by atoms with Crippen LogP contribution in [0.5, 0.6) is 0 Å². The van der Waals surface area contributed by atoms with Crippen molar-refractivity contribution in [1.82, 2.24) is 4.57 Å². The Labute approximate surface area is 174 Å². The molecule has 1 aromatic heterocycles. The summed E-state index contributed by atoms with van der Waals surface area (Å²) in [5.41, 5.74) is 3.46. The smallest absolute Gasteiger partial charge is 0.343 e. The third kappa shape index (κ3) is 3.12. The molecule has 150 valence electrons. The number of nitrogens with zero attached hydrogens (tertiary/aromatic N) is 3. The normalized spacial score (nSPS) is 14.5. The zero-order chi connectivity index (χ0) is 21.4. The fourth-order valence-corrected chi connectivity index (χ4v) is 3.53. The molecule has 1 saturated heterocycles. The van der Waals surface area contributed by atoms with E-state index in [0.717, 1.165) is 26.8 Å². The van der Waals surface area contributed by atoms with Crippen molar-refractivity contribution in [3.05, 3.63) is 89.3 Å². The highest BCUT2D eigenvalue weighted by Crippen LogP contribution is 2.30. The summed E-state index contributed by atoms with van der Waals surface area (Å²) in [6.07, 6.45) is 1.57. The highest BCUT2D eigenvalue weighted by molar-refractivity contribution is 6.46. The Morgan fingerprint density at radius 1 is 0.733 bits per heavy atom. The third-order valence-corrected chi connectivity index (χ3v) is 5.39. The summed E-state index contributed by atoms with van der Waals surface area (Å²) in [6, 6.07) is 18.5. The van der Waals surface area contributed by atoms with Crippen LogP contribution < -0.4 is 9.80 Å². The van der Waals surface area contributed by atoms with Gasteiger partial charge in [0.25, 0.3) is 11.8 Å². The van der Waals surface area contributed by atoms with Crippen molar-refractivity contribution in [2.24, 2.45) is 7.05 Å². The lowest BCUT2D eigenvalue weighted by Crippen LogP contribution is -2.57. The van der Waals surface area contributed by atoms with Crippen molar-refractivity contribution in [3.63, 3.8) is 0 Å². The molecule has 0 radical (unpaired) electrons. The molecule has 0 saturated carbocycles. The standard InChI is InChI=1S/C24H21N3O3/c1-16-14-18(17(2)25(16)3)15-21-22(28)26(19-10-6-4-7-11-19)24(30)27(23(21)29)20-12-8-5-9-13-20/h4-15H,1-3H3. The second-order valence-corrected chi connectivity index (χ2v) is 7.18. The van der Waals surface area contributed by atoms with Gasteiger partial charge in [-0.3, -0.25) is 9.59 Å². The number of rotatable bonds is 3. The average Bonchev–Trinajstić information content (AvgIpc) is 2.99. The van der Waals surface area contributed by atoms with Crippen LogP contribution >= 0.6 is 0 Å². The summed E-state index contributed by atoms with van der Waals surface area (Å²) in [5.74, 6) is -1.27. The predicted octanol–water partition coefficient (Wildman–Crippen LogP) is 4.23. The number of aryl methyl sites for hydroxylation is 1. The van der Waals surface area contributed by atoms with Crippen molar-refractivity contribution < 1.29 is 14.4 Å². The Kier molecular flexibility index (Phi) is 4.83. The van der Waals surface area contributed by atoms with Gasteiger partial charge in [0.15, 0.2) is 0 Å². The minimum Gasteiger partial charge on any atom is -0.352 e. The van der Waals surface area contributed by atoms with E-state index in [1.807, 2.05) is 31.5 Å². The number of amides is 4. The summed E-state index contributed by atoms with van der Waals surface area (Å²) in [7, 11) is 1.92. The zero-order valence-corrected chi connectivity index (χ0v) is 17.0. The summed E-state index contributed by atoms with van der Waals surface area (Å²) in [4.78, 5) is 42.0. The molecule has 4 amide bonds. The van der Waals surface area contributed by atoms with Crippen LogP contribution in [0.3, 0.4) is 0 Å². The molecule has 0 spiro atoms. The number of imide groups is 2. The maximum absolute atomic E-state index is 13.3. The van der Waals surface area contributed by atoms with E-state index in [-0.39, 0.29) is 5.57 Å². The Bertz CT molecular complexity index is 1110. The van der Waals surface area contributed by atoms with Gasteiger partial charge in [-0.15, -0.1) is 0 Å². The van der Waals surface area contributed by atoms with Crippen LogP contribution in [-0.2, 0) is 16.6 Å². The van der Waals surface area contributed by atoms with Crippen LogP contribution in [-0.4, -0.2) is 22.4 Å². The Morgan fingerprint density at radius 2 is 1.20 bits per heavy atom. The van der Waals surface area contributed by atoms with Gasteiger partial charge in [-0.25, -0.2) is 14.6 Å². The van der Waals surface area contributed by atoms with Crippen molar-refractivity contribution in [2.45, 2.75) is 13.8 Å². The molecule has 30 heavy (non-hydrogen) atoms. The van der Waals surface area contributed by atoms with Crippen molar-refractivity contribution in [1.29, 1.82) is 0 Å². The molecule has 0 N–H and O–H groups in total. The van der Waals surface area contributed by atoms with Gasteiger partial charge < -0.3 is 4.57 Å². The first-order chi connectivity index (χ1) is 14.4. The quantitative estimate of drug-likeness (QED) is 0.489. The van der Waals surface area contributed by atoms with E-state index in [0.29, 0.717) is 11.4 Å². The molecular weight excluding hydrogens is 378 g/mol. The number of hydrogen-bond donors (Lipinski definition) is 0. The largest absolute Gasteiger partial charge is 0.352 e. The number of anilines is 2. The molecule has 0 bridgehead atoms. The topological polar surface area (TPSA) is 62.6 Å². The molecule has 0 atom stereocenters. The monoisotopic (exact) mass is 399 g/mol. The second-order valence-electron chi connectivity index (χ2n) is 7.18. The lowest BCUT2D eigenvalue weighted by Gasteiger charge is -2.33. The molecule has 4 rings (SSSR count). The minimum absolute atomic E-state index is 0.0593. The Hall–Kier alpha value is -3.93. The number of aromatic nitrogens is 1. The molecule has 1 fully saturated rings. The number of benzene rings is 2.